The van der Waals surface area contributed by atoms with E-state index in [0.717, 1.165) is 21.5 Å². The van der Waals surface area contributed by atoms with E-state index in [9.17, 15) is 4.79 Å². The number of carbonyl (C=O) groups excluding carboxylic acids is 1. The van der Waals surface area contributed by atoms with Gasteiger partial charge in [-0.15, -0.1) is 11.8 Å². The number of amides is 1. The van der Waals surface area contributed by atoms with Crippen LogP contribution >= 0.6 is 34.7 Å². The van der Waals surface area contributed by atoms with E-state index in [-0.39, 0.29) is 5.91 Å². The Morgan fingerprint density at radius 2 is 1.83 bits per heavy atom. The minimum Gasteiger partial charge on any atom is -0.284 e. The normalized spacial score (nSPS) is 11.0. The van der Waals surface area contributed by atoms with E-state index < -0.39 is 0 Å². The molecule has 0 aliphatic rings. The van der Waals surface area contributed by atoms with Crippen molar-refractivity contribution in [2.75, 3.05) is 10.7 Å². The number of thioether (sulfide) groups is 1. The predicted molar refractivity (Wildman–Crippen MR) is 129 cm³/mol. The van der Waals surface area contributed by atoms with Crippen LogP contribution in [-0.2, 0) is 11.3 Å². The maximum absolute atomic E-state index is 13.2. The molecule has 0 aliphatic heterocycles. The van der Waals surface area contributed by atoms with E-state index in [1.54, 1.807) is 16.7 Å². The molecule has 4 rings (SSSR count). The first kappa shape index (κ1) is 20.9. The summed E-state index contributed by atoms with van der Waals surface area (Å²) in [6.07, 6.45) is 0.446. The maximum atomic E-state index is 13.2. The lowest BCUT2D eigenvalue weighted by Crippen LogP contribution is -2.30. The van der Waals surface area contributed by atoms with Gasteiger partial charge in [-0.1, -0.05) is 71.0 Å². The third-order valence-electron chi connectivity index (χ3n) is 4.66. The molecule has 1 heterocycles. The second-order valence-electron chi connectivity index (χ2n) is 6.99. The molecule has 3 aromatic carbocycles. The Bertz CT molecular complexity index is 1140. The smallest absolute Gasteiger partial charge is 0.229 e. The SMILES string of the molecule is Cc1ccc(SCCC(=O)N(Cc2ccccc2)c2nc3ccc(Cl)cc3s2)cc1. The Morgan fingerprint density at radius 3 is 2.60 bits per heavy atom. The predicted octanol–water partition coefficient (Wildman–Crippen LogP) is 6.97. The zero-order valence-electron chi connectivity index (χ0n) is 16.5. The van der Waals surface area contributed by atoms with Crippen LogP contribution in [0.5, 0.6) is 0 Å². The second kappa shape index (κ2) is 9.65. The topological polar surface area (TPSA) is 33.2 Å². The molecule has 1 aromatic heterocycles. The van der Waals surface area contributed by atoms with Gasteiger partial charge in [0.25, 0.3) is 0 Å². The summed E-state index contributed by atoms with van der Waals surface area (Å²) in [7, 11) is 0. The number of halogens is 1. The number of rotatable bonds is 7. The van der Waals surface area contributed by atoms with Gasteiger partial charge < -0.3 is 0 Å². The van der Waals surface area contributed by atoms with E-state index in [1.165, 1.54) is 21.8 Å². The van der Waals surface area contributed by atoms with E-state index >= 15 is 0 Å². The molecular weight excluding hydrogens is 432 g/mol. The van der Waals surface area contributed by atoms with Crippen molar-refractivity contribution >= 4 is 56.0 Å². The van der Waals surface area contributed by atoms with Crippen molar-refractivity contribution < 1.29 is 4.79 Å². The van der Waals surface area contributed by atoms with Crippen molar-refractivity contribution in [3.8, 4) is 0 Å². The van der Waals surface area contributed by atoms with Gasteiger partial charge in [-0.05, 0) is 42.8 Å². The number of thiazole rings is 1. The molecule has 6 heteroatoms. The Morgan fingerprint density at radius 1 is 1.07 bits per heavy atom. The average molecular weight is 453 g/mol. The lowest BCUT2D eigenvalue weighted by Gasteiger charge is -2.20. The number of aryl methyl sites for hydroxylation is 1. The molecule has 0 spiro atoms. The maximum Gasteiger partial charge on any atom is 0.229 e. The van der Waals surface area contributed by atoms with Gasteiger partial charge in [-0.25, -0.2) is 4.98 Å². The summed E-state index contributed by atoms with van der Waals surface area (Å²) in [6, 6.07) is 24.0. The van der Waals surface area contributed by atoms with Gasteiger partial charge in [0.15, 0.2) is 5.13 Å². The second-order valence-corrected chi connectivity index (χ2v) is 9.60. The summed E-state index contributed by atoms with van der Waals surface area (Å²) in [5.41, 5.74) is 3.18. The van der Waals surface area contributed by atoms with Gasteiger partial charge in [0.05, 0.1) is 16.8 Å². The lowest BCUT2D eigenvalue weighted by molar-refractivity contribution is -0.118. The number of nitrogens with zero attached hydrogens (tertiary/aromatic N) is 2. The summed E-state index contributed by atoms with van der Waals surface area (Å²) >= 11 is 9.33. The van der Waals surface area contributed by atoms with Crippen molar-refractivity contribution in [1.29, 1.82) is 0 Å². The van der Waals surface area contributed by atoms with Gasteiger partial charge in [0.2, 0.25) is 5.91 Å². The Labute approximate surface area is 189 Å². The van der Waals surface area contributed by atoms with Gasteiger partial charge in [0.1, 0.15) is 0 Å². The number of hydrogen-bond acceptors (Lipinski definition) is 4. The summed E-state index contributed by atoms with van der Waals surface area (Å²) in [4.78, 5) is 20.9. The standard InChI is InChI=1S/C24H21ClN2OS2/c1-17-7-10-20(11-8-17)29-14-13-23(28)27(16-18-5-3-2-4-6-18)24-26-21-12-9-19(25)15-22(21)30-24/h2-12,15H,13-14,16H2,1H3. The van der Waals surface area contributed by atoms with Crippen LogP contribution in [0.15, 0.2) is 77.7 Å². The van der Waals surface area contributed by atoms with Crippen LogP contribution in [0.1, 0.15) is 17.5 Å². The fourth-order valence-corrected chi connectivity index (χ4v) is 5.15. The third kappa shape index (κ3) is 5.22. The quantitative estimate of drug-likeness (QED) is 0.284. The first-order valence-electron chi connectivity index (χ1n) is 9.68. The number of hydrogen-bond donors (Lipinski definition) is 0. The number of fused-ring (bicyclic) bond motifs is 1. The summed E-state index contributed by atoms with van der Waals surface area (Å²) < 4.78 is 0.984. The summed E-state index contributed by atoms with van der Waals surface area (Å²) in [6.45, 7) is 2.58. The van der Waals surface area contributed by atoms with Crippen LogP contribution in [0, 0.1) is 6.92 Å². The molecule has 0 N–H and O–H groups in total. The number of benzene rings is 3. The summed E-state index contributed by atoms with van der Waals surface area (Å²) in [5, 5.41) is 1.38. The van der Waals surface area contributed by atoms with Crippen molar-refractivity contribution in [2.24, 2.45) is 0 Å². The Hall–Kier alpha value is -2.34. The van der Waals surface area contributed by atoms with E-state index in [2.05, 4.69) is 31.2 Å². The molecule has 0 radical (unpaired) electrons. The monoisotopic (exact) mass is 452 g/mol. The van der Waals surface area contributed by atoms with Gasteiger partial charge >= 0.3 is 0 Å². The fourth-order valence-electron chi connectivity index (χ4n) is 3.06. The lowest BCUT2D eigenvalue weighted by atomic mass is 10.2. The van der Waals surface area contributed by atoms with Crippen molar-refractivity contribution in [3.63, 3.8) is 0 Å². The first-order valence-corrected chi connectivity index (χ1v) is 11.9. The highest BCUT2D eigenvalue weighted by Crippen LogP contribution is 2.32. The molecule has 0 saturated carbocycles. The Kier molecular flexibility index (Phi) is 6.72. The number of anilines is 1. The van der Waals surface area contributed by atoms with E-state index in [0.29, 0.717) is 23.1 Å². The van der Waals surface area contributed by atoms with Crippen LogP contribution in [0.25, 0.3) is 10.2 Å². The van der Waals surface area contributed by atoms with Crippen LogP contribution in [0.4, 0.5) is 5.13 Å². The van der Waals surface area contributed by atoms with Gasteiger partial charge in [-0.2, -0.15) is 0 Å². The largest absolute Gasteiger partial charge is 0.284 e. The molecule has 0 aliphatic carbocycles. The highest BCUT2D eigenvalue weighted by molar-refractivity contribution is 7.99. The molecule has 0 saturated heterocycles. The van der Waals surface area contributed by atoms with Gasteiger partial charge in [0, 0.05) is 22.1 Å². The molecule has 0 fully saturated rings. The Balaban J connectivity index is 1.52. The molecular formula is C24H21ClN2OS2. The highest BCUT2D eigenvalue weighted by Gasteiger charge is 2.20. The van der Waals surface area contributed by atoms with Crippen LogP contribution in [0.2, 0.25) is 5.02 Å². The molecule has 1 amide bonds. The average Bonchev–Trinajstić information content (AvgIpc) is 3.17. The zero-order chi connectivity index (χ0) is 20.9. The van der Waals surface area contributed by atoms with Crippen LogP contribution < -0.4 is 4.90 Å². The third-order valence-corrected chi connectivity index (χ3v) is 6.95. The minimum absolute atomic E-state index is 0.0728. The van der Waals surface area contributed by atoms with Crippen molar-refractivity contribution in [1.82, 2.24) is 4.98 Å². The van der Waals surface area contributed by atoms with Gasteiger partial charge in [-0.3, -0.25) is 9.69 Å². The summed E-state index contributed by atoms with van der Waals surface area (Å²) in [5.74, 6) is 0.799. The molecule has 0 unspecified atom stereocenters. The molecule has 0 atom stereocenters. The van der Waals surface area contributed by atoms with Crippen LogP contribution in [0.3, 0.4) is 0 Å². The highest BCUT2D eigenvalue weighted by atomic mass is 35.5. The molecule has 152 valence electrons. The molecule has 4 aromatic rings. The van der Waals surface area contributed by atoms with Crippen molar-refractivity contribution in [2.45, 2.75) is 24.8 Å². The fraction of sp³-hybridized carbons (Fsp3) is 0.167. The number of aromatic nitrogens is 1. The molecule has 3 nitrogen and oxygen atoms in total. The number of carbonyl (C=O) groups is 1. The minimum atomic E-state index is 0.0728. The van der Waals surface area contributed by atoms with E-state index in [4.69, 9.17) is 16.6 Å². The first-order chi connectivity index (χ1) is 14.6. The molecule has 0 bridgehead atoms. The van der Waals surface area contributed by atoms with E-state index in [1.807, 2.05) is 48.5 Å². The zero-order valence-corrected chi connectivity index (χ0v) is 18.9. The molecule has 30 heavy (non-hydrogen) atoms. The van der Waals surface area contributed by atoms with Crippen molar-refractivity contribution in [3.05, 3.63) is 88.9 Å². The van der Waals surface area contributed by atoms with Crippen LogP contribution in [-0.4, -0.2) is 16.6 Å².